The lowest BCUT2D eigenvalue weighted by Gasteiger charge is -2.10. The van der Waals surface area contributed by atoms with Crippen LogP contribution in [0.25, 0.3) is 0 Å². The number of benzene rings is 2. The summed E-state index contributed by atoms with van der Waals surface area (Å²) in [5.41, 5.74) is 7.52. The van der Waals surface area contributed by atoms with Crippen molar-refractivity contribution in [2.75, 3.05) is 18.5 Å². The third-order valence-electron chi connectivity index (χ3n) is 3.60. The molecule has 0 bridgehead atoms. The van der Waals surface area contributed by atoms with Crippen molar-refractivity contribution >= 4 is 17.3 Å². The smallest absolute Gasteiger partial charge is 0.269 e. The van der Waals surface area contributed by atoms with Gasteiger partial charge in [-0.1, -0.05) is 12.1 Å². The first kappa shape index (κ1) is 16.6. The summed E-state index contributed by atoms with van der Waals surface area (Å²) in [5.74, 6) is 1.63. The fourth-order valence-corrected chi connectivity index (χ4v) is 2.33. The molecule has 0 saturated carbocycles. The minimum atomic E-state index is -0.437. The van der Waals surface area contributed by atoms with Crippen molar-refractivity contribution in [2.45, 2.75) is 13.0 Å². The van der Waals surface area contributed by atoms with E-state index in [2.05, 4.69) is 10.3 Å². The van der Waals surface area contributed by atoms with Crippen LogP contribution in [0.15, 0.2) is 47.5 Å². The van der Waals surface area contributed by atoms with E-state index >= 15 is 0 Å². The maximum Gasteiger partial charge on any atom is 0.269 e. The van der Waals surface area contributed by atoms with Gasteiger partial charge < -0.3 is 20.5 Å². The first-order chi connectivity index (χ1) is 12.1. The SMILES string of the molecule is NC(=NCc1ccc([N+](=O)[O-])cc1)Nc1ccc2c(c1)OCCCO2. The van der Waals surface area contributed by atoms with Crippen molar-refractivity contribution in [3.05, 3.63) is 58.1 Å². The summed E-state index contributed by atoms with van der Waals surface area (Å²) in [5, 5.41) is 13.6. The van der Waals surface area contributed by atoms with Gasteiger partial charge in [0.25, 0.3) is 5.69 Å². The number of anilines is 1. The van der Waals surface area contributed by atoms with Crippen LogP contribution in [-0.4, -0.2) is 24.1 Å². The topological polar surface area (TPSA) is 112 Å². The van der Waals surface area contributed by atoms with E-state index in [0.29, 0.717) is 31.3 Å². The Morgan fingerprint density at radius 2 is 1.88 bits per heavy atom. The summed E-state index contributed by atoms with van der Waals surface area (Å²) in [6.45, 7) is 1.57. The van der Waals surface area contributed by atoms with Gasteiger partial charge in [0, 0.05) is 30.3 Å². The molecular weight excluding hydrogens is 324 g/mol. The molecule has 3 rings (SSSR count). The Bertz CT molecular complexity index is 790. The van der Waals surface area contributed by atoms with Gasteiger partial charge in [-0.15, -0.1) is 0 Å². The van der Waals surface area contributed by atoms with Crippen molar-refractivity contribution in [2.24, 2.45) is 10.7 Å². The van der Waals surface area contributed by atoms with Crippen LogP contribution in [0.1, 0.15) is 12.0 Å². The fraction of sp³-hybridized carbons (Fsp3) is 0.235. The second-order valence-electron chi connectivity index (χ2n) is 5.46. The van der Waals surface area contributed by atoms with Gasteiger partial charge in [0.15, 0.2) is 17.5 Å². The Morgan fingerprint density at radius 1 is 1.16 bits per heavy atom. The minimum Gasteiger partial charge on any atom is -0.490 e. The van der Waals surface area contributed by atoms with Gasteiger partial charge in [-0.25, -0.2) is 4.99 Å². The molecule has 130 valence electrons. The zero-order valence-electron chi connectivity index (χ0n) is 13.5. The van der Waals surface area contributed by atoms with Crippen LogP contribution in [0.2, 0.25) is 0 Å². The Labute approximate surface area is 144 Å². The summed E-state index contributed by atoms with van der Waals surface area (Å²) >= 11 is 0. The van der Waals surface area contributed by atoms with E-state index in [1.807, 2.05) is 18.2 Å². The maximum atomic E-state index is 10.6. The van der Waals surface area contributed by atoms with Gasteiger partial charge in [-0.2, -0.15) is 0 Å². The van der Waals surface area contributed by atoms with E-state index in [1.54, 1.807) is 12.1 Å². The van der Waals surface area contributed by atoms with Crippen LogP contribution in [0, 0.1) is 10.1 Å². The highest BCUT2D eigenvalue weighted by Gasteiger charge is 2.11. The van der Waals surface area contributed by atoms with Gasteiger partial charge in [0.05, 0.1) is 24.7 Å². The van der Waals surface area contributed by atoms with Crippen LogP contribution in [0.4, 0.5) is 11.4 Å². The van der Waals surface area contributed by atoms with Crippen molar-refractivity contribution in [3.63, 3.8) is 0 Å². The van der Waals surface area contributed by atoms with Crippen LogP contribution < -0.4 is 20.5 Å². The quantitative estimate of drug-likeness (QED) is 0.382. The number of hydrogen-bond donors (Lipinski definition) is 2. The lowest BCUT2D eigenvalue weighted by molar-refractivity contribution is -0.384. The monoisotopic (exact) mass is 342 g/mol. The lowest BCUT2D eigenvalue weighted by atomic mass is 10.2. The molecule has 0 atom stereocenters. The molecule has 0 radical (unpaired) electrons. The Kier molecular flexibility index (Phi) is 4.98. The summed E-state index contributed by atoms with van der Waals surface area (Å²) in [7, 11) is 0. The number of fused-ring (bicyclic) bond motifs is 1. The van der Waals surface area contributed by atoms with Gasteiger partial charge in [-0.05, 0) is 17.7 Å². The molecule has 8 nitrogen and oxygen atoms in total. The highest BCUT2D eigenvalue weighted by Crippen LogP contribution is 2.32. The number of non-ortho nitro benzene ring substituents is 1. The molecule has 1 aliphatic heterocycles. The normalized spacial score (nSPS) is 13.8. The molecule has 3 N–H and O–H groups in total. The van der Waals surface area contributed by atoms with Crippen molar-refractivity contribution in [3.8, 4) is 11.5 Å². The van der Waals surface area contributed by atoms with E-state index in [0.717, 1.165) is 17.7 Å². The average molecular weight is 342 g/mol. The number of hydrogen-bond acceptors (Lipinski definition) is 5. The van der Waals surface area contributed by atoms with Crippen molar-refractivity contribution in [1.82, 2.24) is 0 Å². The number of nitrogens with zero attached hydrogens (tertiary/aromatic N) is 2. The molecule has 2 aromatic rings. The van der Waals surface area contributed by atoms with Crippen LogP contribution in [0.3, 0.4) is 0 Å². The maximum absolute atomic E-state index is 10.6. The van der Waals surface area contributed by atoms with E-state index in [4.69, 9.17) is 15.2 Å². The Balaban J connectivity index is 1.63. The standard InChI is InChI=1S/C17H18N4O4/c18-17(19-11-12-2-5-14(6-3-12)21(22)23)20-13-4-7-15-16(10-13)25-9-1-8-24-15/h2-7,10H,1,8-9,11H2,(H3,18,19,20). The highest BCUT2D eigenvalue weighted by atomic mass is 16.6. The zero-order chi connectivity index (χ0) is 17.6. The van der Waals surface area contributed by atoms with Crippen molar-refractivity contribution in [1.29, 1.82) is 0 Å². The fourth-order valence-electron chi connectivity index (χ4n) is 2.33. The predicted molar refractivity (Wildman–Crippen MR) is 94.1 cm³/mol. The third kappa shape index (κ3) is 4.37. The molecule has 0 saturated heterocycles. The number of nitrogens with two attached hydrogens (primary N) is 1. The first-order valence-corrected chi connectivity index (χ1v) is 7.82. The molecule has 0 unspecified atom stereocenters. The van der Waals surface area contributed by atoms with E-state index in [1.165, 1.54) is 12.1 Å². The second kappa shape index (κ2) is 7.52. The number of nitro groups is 1. The number of nitro benzene ring substituents is 1. The largest absolute Gasteiger partial charge is 0.490 e. The molecule has 2 aromatic carbocycles. The van der Waals surface area contributed by atoms with Crippen LogP contribution in [-0.2, 0) is 6.54 Å². The van der Waals surface area contributed by atoms with Crippen LogP contribution >= 0.6 is 0 Å². The molecular formula is C17H18N4O4. The van der Waals surface area contributed by atoms with E-state index in [9.17, 15) is 10.1 Å². The second-order valence-corrected chi connectivity index (χ2v) is 5.46. The molecule has 0 fully saturated rings. The van der Waals surface area contributed by atoms with E-state index in [-0.39, 0.29) is 11.6 Å². The Morgan fingerprint density at radius 3 is 2.60 bits per heavy atom. The number of ether oxygens (including phenoxy) is 2. The van der Waals surface area contributed by atoms with Crippen molar-refractivity contribution < 1.29 is 14.4 Å². The number of rotatable bonds is 4. The first-order valence-electron chi connectivity index (χ1n) is 7.82. The zero-order valence-corrected chi connectivity index (χ0v) is 13.5. The van der Waals surface area contributed by atoms with Gasteiger partial charge >= 0.3 is 0 Å². The molecule has 25 heavy (non-hydrogen) atoms. The van der Waals surface area contributed by atoms with Gasteiger partial charge in [0.2, 0.25) is 0 Å². The highest BCUT2D eigenvalue weighted by molar-refractivity contribution is 5.92. The molecule has 0 aromatic heterocycles. The third-order valence-corrected chi connectivity index (χ3v) is 3.60. The van der Waals surface area contributed by atoms with Crippen LogP contribution in [0.5, 0.6) is 11.5 Å². The summed E-state index contributed by atoms with van der Waals surface area (Å²) < 4.78 is 11.2. The van der Waals surface area contributed by atoms with Gasteiger partial charge in [-0.3, -0.25) is 10.1 Å². The average Bonchev–Trinajstić information content (AvgIpc) is 2.85. The molecule has 8 heteroatoms. The summed E-state index contributed by atoms with van der Waals surface area (Å²) in [6.07, 6.45) is 0.844. The molecule has 1 heterocycles. The lowest BCUT2D eigenvalue weighted by Crippen LogP contribution is -2.22. The number of guanidine groups is 1. The minimum absolute atomic E-state index is 0.0472. The van der Waals surface area contributed by atoms with Gasteiger partial charge in [0.1, 0.15) is 0 Å². The number of nitrogens with one attached hydrogen (secondary N) is 1. The molecule has 0 amide bonds. The number of aliphatic imine (C=N–C) groups is 1. The molecule has 0 spiro atoms. The summed E-state index contributed by atoms with van der Waals surface area (Å²) in [4.78, 5) is 14.4. The predicted octanol–water partition coefficient (Wildman–Crippen LogP) is 2.68. The molecule has 1 aliphatic rings. The Hall–Kier alpha value is -3.29. The van der Waals surface area contributed by atoms with E-state index < -0.39 is 4.92 Å². The summed E-state index contributed by atoms with van der Waals surface area (Å²) in [6, 6.07) is 11.7. The molecule has 0 aliphatic carbocycles.